The molecule has 0 atom stereocenters. The van der Waals surface area contributed by atoms with Gasteiger partial charge in [0.15, 0.2) is 0 Å². The van der Waals surface area contributed by atoms with Crippen LogP contribution >= 0.6 is 0 Å². The van der Waals surface area contributed by atoms with Gasteiger partial charge in [-0.05, 0) is 129 Å². The predicted octanol–water partition coefficient (Wildman–Crippen LogP) is 16.0. The topological polar surface area (TPSA) is 50.9 Å². The van der Waals surface area contributed by atoms with E-state index in [2.05, 4.69) is 218 Å². The Kier molecular flexibility index (Phi) is 10.9. The summed E-state index contributed by atoms with van der Waals surface area (Å²) in [4.78, 5) is 10.6. The first-order valence-corrected chi connectivity index (χ1v) is 22.2. The molecule has 0 fully saturated rings. The summed E-state index contributed by atoms with van der Waals surface area (Å²) in [6, 6.07) is 58.5. The van der Waals surface area contributed by atoms with E-state index >= 15 is 0 Å². The fourth-order valence-corrected chi connectivity index (χ4v) is 8.73. The Morgan fingerprint density at radius 3 is 1.86 bits per heavy atom. The molecule has 0 unspecified atom stereocenters. The standard InChI is InChI=1S/C59H55N3O/c1-37(2)44-34-50(38(3)4)57(63)52(35-44)58-61-56-49(20-15-21-55(56)62(58)54-27-22-39(5)30-51(54)42-23-25-48(26-24-42)59(6,7)8)46-31-45(41-18-13-10-14-19-41)32-47(33-46)53-36-43(28-29-60-53)40-16-11-9-12-17-40/h9-38,63H,1-8H3. The van der Waals surface area contributed by atoms with Crippen LogP contribution in [0.2, 0.25) is 0 Å². The molecule has 0 amide bonds. The molecule has 9 rings (SSSR count). The average molecular weight is 822 g/mol. The first-order chi connectivity index (χ1) is 30.3. The normalized spacial score (nSPS) is 11.8. The zero-order valence-corrected chi connectivity index (χ0v) is 37.6. The van der Waals surface area contributed by atoms with Gasteiger partial charge in [-0.2, -0.15) is 0 Å². The molecule has 0 aliphatic heterocycles. The highest BCUT2D eigenvalue weighted by molar-refractivity contribution is 5.98. The van der Waals surface area contributed by atoms with Gasteiger partial charge in [-0.1, -0.05) is 163 Å². The van der Waals surface area contributed by atoms with E-state index in [-0.39, 0.29) is 23.0 Å². The molecule has 0 spiro atoms. The molecule has 0 aliphatic rings. The summed E-state index contributed by atoms with van der Waals surface area (Å²) in [6.45, 7) is 17.6. The van der Waals surface area contributed by atoms with Crippen LogP contribution in [0.5, 0.6) is 5.75 Å². The van der Waals surface area contributed by atoms with E-state index in [9.17, 15) is 5.11 Å². The highest BCUT2D eigenvalue weighted by Crippen LogP contribution is 2.44. The second kappa shape index (κ2) is 16.7. The Morgan fingerprint density at radius 1 is 0.524 bits per heavy atom. The van der Waals surface area contributed by atoms with Crippen molar-refractivity contribution in [2.24, 2.45) is 0 Å². The van der Waals surface area contributed by atoms with Gasteiger partial charge in [0.1, 0.15) is 11.6 Å². The summed E-state index contributed by atoms with van der Waals surface area (Å²) in [6.07, 6.45) is 1.90. The van der Waals surface area contributed by atoms with Gasteiger partial charge in [0.2, 0.25) is 0 Å². The van der Waals surface area contributed by atoms with Crippen LogP contribution in [0.25, 0.3) is 83.9 Å². The number of phenols is 1. The van der Waals surface area contributed by atoms with Crippen molar-refractivity contribution in [1.82, 2.24) is 14.5 Å². The molecule has 1 N–H and O–H groups in total. The maximum absolute atomic E-state index is 12.3. The van der Waals surface area contributed by atoms with E-state index in [4.69, 9.17) is 9.97 Å². The molecular formula is C59H55N3O. The van der Waals surface area contributed by atoms with Crippen LogP contribution in [0.1, 0.15) is 82.6 Å². The third-order valence-electron chi connectivity index (χ3n) is 12.3. The lowest BCUT2D eigenvalue weighted by atomic mass is 9.86. The number of aryl methyl sites for hydroxylation is 1. The molecular weight excluding hydrogens is 767 g/mol. The fraction of sp³-hybridized carbons (Fsp3) is 0.186. The molecule has 63 heavy (non-hydrogen) atoms. The van der Waals surface area contributed by atoms with Crippen LogP contribution in [0.15, 0.2) is 170 Å². The number of imidazole rings is 1. The second-order valence-electron chi connectivity index (χ2n) is 18.6. The zero-order valence-electron chi connectivity index (χ0n) is 37.6. The highest BCUT2D eigenvalue weighted by atomic mass is 16.3. The number of hydrogen-bond acceptors (Lipinski definition) is 3. The van der Waals surface area contributed by atoms with E-state index in [1.54, 1.807) is 0 Å². The smallest absolute Gasteiger partial charge is 0.149 e. The van der Waals surface area contributed by atoms with Crippen LogP contribution in [-0.4, -0.2) is 19.6 Å². The molecule has 7 aromatic carbocycles. The third-order valence-corrected chi connectivity index (χ3v) is 12.3. The Labute approximate surface area is 372 Å². The average Bonchev–Trinajstić information content (AvgIpc) is 3.68. The Morgan fingerprint density at radius 2 is 1.19 bits per heavy atom. The van der Waals surface area contributed by atoms with Crippen molar-refractivity contribution in [3.63, 3.8) is 0 Å². The van der Waals surface area contributed by atoms with Crippen LogP contribution in [0.4, 0.5) is 0 Å². The molecule has 0 saturated carbocycles. The lowest BCUT2D eigenvalue weighted by Gasteiger charge is -2.21. The van der Waals surface area contributed by atoms with Gasteiger partial charge in [0.25, 0.3) is 0 Å². The Balaban J connectivity index is 1.33. The molecule has 9 aromatic rings. The first-order valence-electron chi connectivity index (χ1n) is 22.2. The summed E-state index contributed by atoms with van der Waals surface area (Å²) < 4.78 is 2.28. The minimum absolute atomic E-state index is 0.0314. The molecule has 0 radical (unpaired) electrons. The van der Waals surface area contributed by atoms with Gasteiger partial charge in [-0.15, -0.1) is 0 Å². The van der Waals surface area contributed by atoms with Crippen molar-refractivity contribution >= 4 is 11.0 Å². The molecule has 312 valence electrons. The number of phenolic OH excluding ortho intramolecular Hbond substituents is 1. The molecule has 4 heteroatoms. The molecule has 2 aromatic heterocycles. The van der Waals surface area contributed by atoms with Crippen LogP contribution < -0.4 is 0 Å². The van der Waals surface area contributed by atoms with Crippen LogP contribution in [0.3, 0.4) is 0 Å². The van der Waals surface area contributed by atoms with Crippen LogP contribution in [0, 0.1) is 6.92 Å². The number of rotatable bonds is 9. The summed E-state index contributed by atoms with van der Waals surface area (Å²) in [5.41, 5.74) is 18.7. The van der Waals surface area contributed by atoms with Gasteiger partial charge >= 0.3 is 0 Å². The van der Waals surface area contributed by atoms with E-state index in [1.165, 1.54) is 11.1 Å². The number of aromatic nitrogens is 3. The first kappa shape index (κ1) is 41.3. The van der Waals surface area contributed by atoms with Crippen molar-refractivity contribution in [1.29, 1.82) is 0 Å². The molecule has 4 nitrogen and oxygen atoms in total. The number of para-hydroxylation sites is 1. The van der Waals surface area contributed by atoms with Gasteiger partial charge in [-0.25, -0.2) is 4.98 Å². The Bertz CT molecular complexity index is 3100. The second-order valence-corrected chi connectivity index (χ2v) is 18.6. The minimum atomic E-state index is 0.0314. The maximum Gasteiger partial charge on any atom is 0.149 e. The zero-order chi connectivity index (χ0) is 44.0. The van der Waals surface area contributed by atoms with E-state index in [0.717, 1.165) is 89.2 Å². The third kappa shape index (κ3) is 8.10. The molecule has 0 bridgehead atoms. The van der Waals surface area contributed by atoms with Crippen LogP contribution in [-0.2, 0) is 5.41 Å². The minimum Gasteiger partial charge on any atom is -0.507 e. The maximum atomic E-state index is 12.3. The number of aromatic hydroxyl groups is 1. The van der Waals surface area contributed by atoms with E-state index < -0.39 is 0 Å². The van der Waals surface area contributed by atoms with Gasteiger partial charge in [-0.3, -0.25) is 9.55 Å². The number of benzene rings is 7. The van der Waals surface area contributed by atoms with Crippen molar-refractivity contribution in [3.05, 3.63) is 192 Å². The quantitative estimate of drug-likeness (QED) is 0.158. The molecule has 0 aliphatic carbocycles. The van der Waals surface area contributed by atoms with Crippen molar-refractivity contribution in [3.8, 4) is 78.6 Å². The van der Waals surface area contributed by atoms with Gasteiger partial charge in [0, 0.05) is 22.9 Å². The highest BCUT2D eigenvalue weighted by Gasteiger charge is 2.25. The van der Waals surface area contributed by atoms with E-state index in [0.29, 0.717) is 5.82 Å². The molecule has 0 saturated heterocycles. The summed E-state index contributed by atoms with van der Waals surface area (Å²) in [7, 11) is 0. The summed E-state index contributed by atoms with van der Waals surface area (Å²) >= 11 is 0. The summed E-state index contributed by atoms with van der Waals surface area (Å²) in [5, 5.41) is 12.3. The van der Waals surface area contributed by atoms with Gasteiger partial charge < -0.3 is 5.11 Å². The lowest BCUT2D eigenvalue weighted by molar-refractivity contribution is 0.466. The van der Waals surface area contributed by atoms with Gasteiger partial charge in [0.05, 0.1) is 28.0 Å². The Hall–Kier alpha value is -7.04. The number of hydrogen-bond donors (Lipinski definition) is 1. The predicted molar refractivity (Wildman–Crippen MR) is 265 cm³/mol. The fourth-order valence-electron chi connectivity index (χ4n) is 8.73. The number of pyridine rings is 1. The summed E-state index contributed by atoms with van der Waals surface area (Å²) in [5.74, 6) is 1.33. The lowest BCUT2D eigenvalue weighted by Crippen LogP contribution is -2.10. The van der Waals surface area contributed by atoms with Crippen molar-refractivity contribution in [2.75, 3.05) is 0 Å². The van der Waals surface area contributed by atoms with Crippen molar-refractivity contribution < 1.29 is 5.11 Å². The van der Waals surface area contributed by atoms with Crippen molar-refractivity contribution in [2.45, 2.75) is 72.6 Å². The number of nitrogens with zero attached hydrogens (tertiary/aromatic N) is 3. The number of fused-ring (bicyclic) bond motifs is 1. The monoisotopic (exact) mass is 821 g/mol. The largest absolute Gasteiger partial charge is 0.507 e. The van der Waals surface area contributed by atoms with E-state index in [1.807, 2.05) is 12.3 Å². The SMILES string of the molecule is Cc1ccc(-n2c(-c3cc(C(C)C)cc(C(C)C)c3O)nc3c(-c4cc(-c5ccccc5)cc(-c5cc(-c6ccccc6)ccn5)c4)cccc32)c(-c2ccc(C(C)(C)C)cc2)c1. The molecule has 2 heterocycles.